The second-order valence-electron chi connectivity index (χ2n) is 4.52. The summed E-state index contributed by atoms with van der Waals surface area (Å²) in [5.41, 5.74) is 1.29. The van der Waals surface area contributed by atoms with Gasteiger partial charge in [0.2, 0.25) is 5.78 Å². The largest absolute Gasteiger partial charge is 0.285 e. The molecule has 0 radical (unpaired) electrons. The minimum atomic E-state index is 0.0856. The molecule has 0 fully saturated rings. The molecule has 96 valence electrons. The Morgan fingerprint density at radius 1 is 1.11 bits per heavy atom. The van der Waals surface area contributed by atoms with Crippen molar-refractivity contribution in [3.8, 4) is 11.8 Å². The van der Waals surface area contributed by atoms with Gasteiger partial charge in [0, 0.05) is 12.8 Å². The number of ketones is 1. The molecule has 1 nitrogen and oxygen atoms in total. The van der Waals surface area contributed by atoms with Gasteiger partial charge in [0.05, 0.1) is 0 Å². The number of carbonyl (C=O) groups excluding carboxylic acids is 1. The Labute approximate surface area is 111 Å². The second-order valence-corrected chi connectivity index (χ2v) is 4.52. The zero-order valence-corrected chi connectivity index (χ0v) is 11.2. The van der Waals surface area contributed by atoms with Crippen molar-refractivity contribution in [2.45, 2.75) is 51.9 Å². The number of Topliss-reactive ketones (excluding diaryl/α,β-unsaturated/α-hetero) is 1. The van der Waals surface area contributed by atoms with E-state index in [-0.39, 0.29) is 5.78 Å². The van der Waals surface area contributed by atoms with E-state index >= 15 is 0 Å². The van der Waals surface area contributed by atoms with Crippen LogP contribution in [0.2, 0.25) is 0 Å². The molecular formula is C17H22O. The van der Waals surface area contributed by atoms with Crippen LogP contribution in [0, 0.1) is 11.8 Å². The lowest BCUT2D eigenvalue weighted by Gasteiger charge is -1.98. The lowest BCUT2D eigenvalue weighted by molar-refractivity contribution is -0.113. The van der Waals surface area contributed by atoms with Crippen molar-refractivity contribution in [1.82, 2.24) is 0 Å². The molecule has 0 N–H and O–H groups in total. The number of benzene rings is 1. The maximum Gasteiger partial charge on any atom is 0.205 e. The number of aryl methyl sites for hydroxylation is 1. The molecule has 0 aliphatic heterocycles. The third-order valence-electron chi connectivity index (χ3n) is 2.85. The van der Waals surface area contributed by atoms with Gasteiger partial charge < -0.3 is 0 Å². The average molecular weight is 242 g/mol. The lowest BCUT2D eigenvalue weighted by atomic mass is 10.1. The molecule has 0 heterocycles. The van der Waals surface area contributed by atoms with Crippen LogP contribution in [0.3, 0.4) is 0 Å². The summed E-state index contributed by atoms with van der Waals surface area (Å²) in [6, 6.07) is 10.3. The lowest BCUT2D eigenvalue weighted by Crippen LogP contribution is -1.95. The molecular weight excluding hydrogens is 220 g/mol. The Morgan fingerprint density at radius 3 is 2.61 bits per heavy atom. The van der Waals surface area contributed by atoms with Crippen molar-refractivity contribution in [2.24, 2.45) is 0 Å². The smallest absolute Gasteiger partial charge is 0.205 e. The molecule has 0 unspecified atom stereocenters. The van der Waals surface area contributed by atoms with Gasteiger partial charge in [-0.25, -0.2) is 0 Å². The molecule has 1 aromatic carbocycles. The Morgan fingerprint density at radius 2 is 1.89 bits per heavy atom. The van der Waals surface area contributed by atoms with E-state index in [2.05, 4.69) is 30.9 Å². The number of hydrogen-bond donors (Lipinski definition) is 0. The minimum Gasteiger partial charge on any atom is -0.285 e. The fourth-order valence-corrected chi connectivity index (χ4v) is 1.78. The van der Waals surface area contributed by atoms with Gasteiger partial charge in [0.1, 0.15) is 0 Å². The molecule has 0 aliphatic rings. The molecule has 0 atom stereocenters. The molecule has 18 heavy (non-hydrogen) atoms. The van der Waals surface area contributed by atoms with Crippen molar-refractivity contribution in [3.05, 3.63) is 35.9 Å². The molecule has 0 saturated heterocycles. The van der Waals surface area contributed by atoms with E-state index in [0.717, 1.165) is 25.7 Å². The summed E-state index contributed by atoms with van der Waals surface area (Å²) in [6.07, 6.45) is 6.81. The Hall–Kier alpha value is -1.55. The molecule has 0 aromatic heterocycles. The second kappa shape index (κ2) is 9.48. The molecule has 1 rings (SSSR count). The summed E-state index contributed by atoms with van der Waals surface area (Å²) in [4.78, 5) is 11.5. The Bertz CT molecular complexity index is 395. The predicted octanol–water partition coefficient (Wildman–Crippen LogP) is 4.16. The zero-order valence-electron chi connectivity index (χ0n) is 11.2. The van der Waals surface area contributed by atoms with Crippen molar-refractivity contribution in [1.29, 1.82) is 0 Å². The van der Waals surface area contributed by atoms with Crippen molar-refractivity contribution < 1.29 is 4.79 Å². The van der Waals surface area contributed by atoms with E-state index in [4.69, 9.17) is 0 Å². The monoisotopic (exact) mass is 242 g/mol. The van der Waals surface area contributed by atoms with Crippen LogP contribution < -0.4 is 0 Å². The molecule has 0 spiro atoms. The predicted molar refractivity (Wildman–Crippen MR) is 76.3 cm³/mol. The summed E-state index contributed by atoms with van der Waals surface area (Å²) in [5, 5.41) is 0. The van der Waals surface area contributed by atoms with Crippen LogP contribution in [0.25, 0.3) is 0 Å². The first-order valence-corrected chi connectivity index (χ1v) is 6.88. The van der Waals surface area contributed by atoms with Crippen molar-refractivity contribution in [2.75, 3.05) is 0 Å². The van der Waals surface area contributed by atoms with Crippen LogP contribution in [-0.4, -0.2) is 5.78 Å². The minimum absolute atomic E-state index is 0.0856. The van der Waals surface area contributed by atoms with E-state index in [0.29, 0.717) is 6.42 Å². The fraction of sp³-hybridized carbons (Fsp3) is 0.471. The van der Waals surface area contributed by atoms with Gasteiger partial charge in [-0.2, -0.15) is 0 Å². The van der Waals surface area contributed by atoms with E-state index in [9.17, 15) is 4.79 Å². The Balaban J connectivity index is 2.13. The highest BCUT2D eigenvalue weighted by Crippen LogP contribution is 2.04. The number of rotatable bonds is 7. The van der Waals surface area contributed by atoms with Crippen molar-refractivity contribution in [3.63, 3.8) is 0 Å². The molecule has 1 aromatic rings. The van der Waals surface area contributed by atoms with E-state index in [1.807, 2.05) is 18.2 Å². The maximum atomic E-state index is 11.5. The normalized spacial score (nSPS) is 9.61. The average Bonchev–Trinajstić information content (AvgIpc) is 2.40. The fourth-order valence-electron chi connectivity index (χ4n) is 1.78. The van der Waals surface area contributed by atoms with Gasteiger partial charge in [-0.05, 0) is 30.7 Å². The van der Waals surface area contributed by atoms with Crippen LogP contribution >= 0.6 is 0 Å². The summed E-state index contributed by atoms with van der Waals surface area (Å²) >= 11 is 0. The van der Waals surface area contributed by atoms with Gasteiger partial charge in [-0.15, -0.1) is 0 Å². The summed E-state index contributed by atoms with van der Waals surface area (Å²) in [5.74, 6) is 5.79. The van der Waals surface area contributed by atoms with Crippen molar-refractivity contribution >= 4 is 5.78 Å². The first-order chi connectivity index (χ1) is 8.83. The zero-order chi connectivity index (χ0) is 13.1. The quantitative estimate of drug-likeness (QED) is 0.398. The standard InChI is InChI=1S/C17H22O/c1-2-3-4-5-9-14-17(18)15-10-13-16-11-7-6-8-12-16/h6-8,11-12H,2-5,10,13,15H2,1H3. The van der Waals surface area contributed by atoms with Gasteiger partial charge in [0.15, 0.2) is 0 Å². The summed E-state index contributed by atoms with van der Waals surface area (Å²) in [6.45, 7) is 2.17. The number of carbonyl (C=O) groups is 1. The van der Waals surface area contributed by atoms with Crippen LogP contribution in [0.1, 0.15) is 51.0 Å². The van der Waals surface area contributed by atoms with Gasteiger partial charge in [-0.3, -0.25) is 4.79 Å². The van der Waals surface area contributed by atoms with Crippen LogP contribution in [0.15, 0.2) is 30.3 Å². The van der Waals surface area contributed by atoms with E-state index in [1.54, 1.807) is 0 Å². The van der Waals surface area contributed by atoms with Gasteiger partial charge >= 0.3 is 0 Å². The van der Waals surface area contributed by atoms with E-state index < -0.39 is 0 Å². The molecule has 0 amide bonds. The van der Waals surface area contributed by atoms with Crippen LogP contribution in [-0.2, 0) is 11.2 Å². The SMILES string of the molecule is CCCCCC#CC(=O)CCCc1ccccc1. The maximum absolute atomic E-state index is 11.5. The number of hydrogen-bond acceptors (Lipinski definition) is 1. The topological polar surface area (TPSA) is 17.1 Å². The molecule has 0 saturated carbocycles. The summed E-state index contributed by atoms with van der Waals surface area (Å²) in [7, 11) is 0. The van der Waals surface area contributed by atoms with Gasteiger partial charge in [-0.1, -0.05) is 56.0 Å². The van der Waals surface area contributed by atoms with Crippen LogP contribution in [0.5, 0.6) is 0 Å². The third kappa shape index (κ3) is 6.91. The number of unbranched alkanes of at least 4 members (excludes halogenated alkanes) is 3. The van der Waals surface area contributed by atoms with Crippen LogP contribution in [0.4, 0.5) is 0 Å². The Kier molecular flexibility index (Phi) is 7.64. The molecule has 1 heteroatoms. The molecule has 0 bridgehead atoms. The highest BCUT2D eigenvalue weighted by molar-refractivity contribution is 5.95. The highest BCUT2D eigenvalue weighted by Gasteiger charge is 1.97. The highest BCUT2D eigenvalue weighted by atomic mass is 16.1. The summed E-state index contributed by atoms with van der Waals surface area (Å²) < 4.78 is 0. The first-order valence-electron chi connectivity index (χ1n) is 6.88. The first kappa shape index (κ1) is 14.5. The third-order valence-corrected chi connectivity index (χ3v) is 2.85. The molecule has 0 aliphatic carbocycles. The van der Waals surface area contributed by atoms with Gasteiger partial charge in [0.25, 0.3) is 0 Å². The van der Waals surface area contributed by atoms with E-state index in [1.165, 1.54) is 18.4 Å².